The molecular formula is C38H57ClN8O6. The number of nitrogen functional groups attached to an aromatic ring is 2. The Kier molecular flexibility index (Phi) is 18.9. The molecule has 1 aromatic heterocycles. The largest absolute Gasteiger partial charge is 0.394 e. The normalized spacial score (nSPS) is 13.7. The molecule has 4 atom stereocenters. The molecule has 0 saturated carbocycles. The summed E-state index contributed by atoms with van der Waals surface area (Å²) in [6.45, 7) is 6.77. The monoisotopic (exact) mass is 756 g/mol. The third kappa shape index (κ3) is 14.8. The highest BCUT2D eigenvalue weighted by molar-refractivity contribution is 6.31. The number of aliphatic hydroxyl groups is 4. The molecule has 0 bridgehead atoms. The number of hydrogen-bond acceptors (Lipinski definition) is 12. The zero-order valence-corrected chi connectivity index (χ0v) is 31.6. The fraction of sp³-hybridized carbons (Fsp3) is 0.526. The number of rotatable bonds is 24. The van der Waals surface area contributed by atoms with Gasteiger partial charge in [-0.1, -0.05) is 74.2 Å². The molecule has 0 fully saturated rings. The van der Waals surface area contributed by atoms with Crippen molar-refractivity contribution in [2.45, 2.75) is 70.7 Å². The zero-order valence-electron chi connectivity index (χ0n) is 30.8. The number of hydrogen-bond donors (Lipinski definition) is 9. The minimum Gasteiger partial charge on any atom is -0.394 e. The Morgan fingerprint density at radius 2 is 1.60 bits per heavy atom. The maximum absolute atomic E-state index is 12.9. The van der Waals surface area contributed by atoms with Crippen LogP contribution in [0.2, 0.25) is 5.15 Å². The van der Waals surface area contributed by atoms with E-state index in [1.54, 1.807) is 12.1 Å². The minimum absolute atomic E-state index is 0.0404. The number of halogens is 1. The fourth-order valence-corrected chi connectivity index (χ4v) is 6.01. The predicted molar refractivity (Wildman–Crippen MR) is 208 cm³/mol. The van der Waals surface area contributed by atoms with Crippen LogP contribution < -0.4 is 27.4 Å². The Labute approximate surface area is 317 Å². The number of carbonyl (C=O) groups excluding carboxylic acids is 2. The van der Waals surface area contributed by atoms with E-state index in [-0.39, 0.29) is 40.9 Å². The molecule has 0 unspecified atom stereocenters. The van der Waals surface area contributed by atoms with Crippen LogP contribution in [0.1, 0.15) is 70.1 Å². The van der Waals surface area contributed by atoms with Crippen LogP contribution in [0.5, 0.6) is 0 Å². The summed E-state index contributed by atoms with van der Waals surface area (Å²) in [4.78, 5) is 35.7. The lowest BCUT2D eigenvalue weighted by Gasteiger charge is -2.29. The highest BCUT2D eigenvalue weighted by Gasteiger charge is 2.26. The van der Waals surface area contributed by atoms with Crippen molar-refractivity contribution in [1.82, 2.24) is 30.8 Å². The summed E-state index contributed by atoms with van der Waals surface area (Å²) in [5.74, 6) is -0.776. The van der Waals surface area contributed by atoms with Gasteiger partial charge in [-0.2, -0.15) is 0 Å². The van der Waals surface area contributed by atoms with Crippen molar-refractivity contribution < 1.29 is 30.0 Å². The molecule has 0 aliphatic heterocycles. The van der Waals surface area contributed by atoms with Crippen molar-refractivity contribution in [2.24, 2.45) is 5.92 Å². The standard InChI is InChI=1S/C38H57ClN8O6/c1-3-4-5-8-18-47(23-30(49)33(51)31(50)24-48)19-17-43-37(52)28-13-11-26(12-14-28)15-16-42-21-27(20-29-10-7-6-9-25(29)2)22-44-38(53)32-35(40)46-36(41)34(39)45-32/h6-7,9-14,27,30-31,33,42,48-51H,3-5,8,15-24H2,1-2H3,(H,43,52)(H,44,53)(H4,40,41,46)/t27-,30+,31-,33-/m1/s1. The van der Waals surface area contributed by atoms with Gasteiger partial charge in [0.15, 0.2) is 22.5 Å². The van der Waals surface area contributed by atoms with Gasteiger partial charge in [-0.3, -0.25) is 14.5 Å². The number of aliphatic hydroxyl groups excluding tert-OH is 4. The first-order chi connectivity index (χ1) is 25.4. The van der Waals surface area contributed by atoms with Gasteiger partial charge in [0.25, 0.3) is 11.8 Å². The summed E-state index contributed by atoms with van der Waals surface area (Å²) >= 11 is 5.97. The maximum Gasteiger partial charge on any atom is 0.273 e. The number of nitrogens with zero attached hydrogens (tertiary/aromatic N) is 3. The first-order valence-electron chi connectivity index (χ1n) is 18.3. The summed E-state index contributed by atoms with van der Waals surface area (Å²) in [6.07, 6.45) is 1.44. The molecule has 14 nitrogen and oxygen atoms in total. The average Bonchev–Trinajstić information content (AvgIpc) is 3.15. The molecule has 15 heteroatoms. The lowest BCUT2D eigenvalue weighted by atomic mass is 9.95. The number of aromatic nitrogens is 2. The van der Waals surface area contributed by atoms with Crippen molar-refractivity contribution in [2.75, 3.05) is 63.9 Å². The molecule has 3 rings (SSSR count). The molecule has 0 spiro atoms. The number of unbranched alkanes of at least 4 members (excludes halogenated alkanes) is 3. The Hall–Kier alpha value is -3.89. The lowest BCUT2D eigenvalue weighted by Crippen LogP contribution is -2.47. The number of amides is 2. The molecular weight excluding hydrogens is 700 g/mol. The Morgan fingerprint density at radius 3 is 2.30 bits per heavy atom. The van der Waals surface area contributed by atoms with Gasteiger partial charge in [0, 0.05) is 31.7 Å². The molecule has 3 aromatic rings. The average molecular weight is 757 g/mol. The Bertz CT molecular complexity index is 1570. The van der Waals surface area contributed by atoms with E-state index in [1.165, 1.54) is 11.1 Å². The maximum atomic E-state index is 12.9. The lowest BCUT2D eigenvalue weighted by molar-refractivity contribution is -0.0840. The highest BCUT2D eigenvalue weighted by atomic mass is 35.5. The van der Waals surface area contributed by atoms with E-state index in [0.29, 0.717) is 44.8 Å². The van der Waals surface area contributed by atoms with Crippen LogP contribution in [0.25, 0.3) is 0 Å². The van der Waals surface area contributed by atoms with Crippen LogP contribution in [0, 0.1) is 12.8 Å². The quantitative estimate of drug-likeness (QED) is 0.0595. The van der Waals surface area contributed by atoms with E-state index in [4.69, 9.17) is 28.2 Å². The second kappa shape index (κ2) is 23.0. The summed E-state index contributed by atoms with van der Waals surface area (Å²) < 4.78 is 0. The molecule has 53 heavy (non-hydrogen) atoms. The van der Waals surface area contributed by atoms with E-state index < -0.39 is 30.8 Å². The van der Waals surface area contributed by atoms with E-state index in [2.05, 4.69) is 51.9 Å². The number of nitrogens with one attached hydrogen (secondary N) is 3. The molecule has 0 aliphatic carbocycles. The Balaban J connectivity index is 1.49. The number of benzene rings is 2. The van der Waals surface area contributed by atoms with Crippen molar-refractivity contribution in [3.8, 4) is 0 Å². The number of nitrogens with two attached hydrogens (primary N) is 2. The first-order valence-corrected chi connectivity index (χ1v) is 18.7. The van der Waals surface area contributed by atoms with Gasteiger partial charge in [0.2, 0.25) is 0 Å². The van der Waals surface area contributed by atoms with Gasteiger partial charge in [0.1, 0.15) is 12.2 Å². The fourth-order valence-electron chi connectivity index (χ4n) is 5.88. The van der Waals surface area contributed by atoms with Crippen LogP contribution in [0.4, 0.5) is 11.6 Å². The van der Waals surface area contributed by atoms with Gasteiger partial charge in [-0.05, 0) is 80.6 Å². The zero-order chi connectivity index (χ0) is 38.8. The van der Waals surface area contributed by atoms with Crippen molar-refractivity contribution in [3.05, 3.63) is 81.6 Å². The van der Waals surface area contributed by atoms with Crippen LogP contribution in [-0.4, -0.2) is 118 Å². The van der Waals surface area contributed by atoms with E-state index in [0.717, 1.165) is 44.1 Å². The molecule has 0 saturated heterocycles. The molecule has 0 aliphatic rings. The van der Waals surface area contributed by atoms with Crippen molar-refractivity contribution in [1.29, 1.82) is 0 Å². The van der Waals surface area contributed by atoms with E-state index in [1.807, 2.05) is 29.2 Å². The second-order valence-electron chi connectivity index (χ2n) is 13.4. The molecule has 292 valence electrons. The highest BCUT2D eigenvalue weighted by Crippen LogP contribution is 2.18. The molecule has 1 heterocycles. The topological polar surface area (TPSA) is 232 Å². The van der Waals surface area contributed by atoms with Crippen LogP contribution >= 0.6 is 11.6 Å². The summed E-state index contributed by atoms with van der Waals surface area (Å²) in [5, 5.41) is 48.6. The third-order valence-electron chi connectivity index (χ3n) is 9.14. The van der Waals surface area contributed by atoms with E-state index in [9.17, 15) is 24.9 Å². The molecule has 11 N–H and O–H groups in total. The predicted octanol–water partition coefficient (Wildman–Crippen LogP) is 1.71. The van der Waals surface area contributed by atoms with Crippen LogP contribution in [0.15, 0.2) is 48.5 Å². The summed E-state index contributed by atoms with van der Waals surface area (Å²) in [7, 11) is 0. The number of carbonyl (C=O) groups is 2. The van der Waals surface area contributed by atoms with Crippen molar-refractivity contribution in [3.63, 3.8) is 0 Å². The van der Waals surface area contributed by atoms with Gasteiger partial charge in [0.05, 0.1) is 12.7 Å². The van der Waals surface area contributed by atoms with Gasteiger partial charge in [-0.15, -0.1) is 0 Å². The SMILES string of the molecule is CCCCCCN(CCNC(=O)c1ccc(CCNC[C@H](CNC(=O)c2nc(Cl)c(N)nc2N)Cc2ccccc2C)cc1)C[C@H](O)[C@@H](O)[C@H](O)CO. The van der Waals surface area contributed by atoms with Gasteiger partial charge < -0.3 is 47.8 Å². The first kappa shape index (κ1) is 43.5. The van der Waals surface area contributed by atoms with E-state index >= 15 is 0 Å². The van der Waals surface area contributed by atoms with Crippen molar-refractivity contribution >= 4 is 35.1 Å². The Morgan fingerprint density at radius 1 is 0.868 bits per heavy atom. The van der Waals surface area contributed by atoms with Crippen LogP contribution in [0.3, 0.4) is 0 Å². The summed E-state index contributed by atoms with van der Waals surface area (Å²) in [6, 6.07) is 15.6. The molecule has 2 amide bonds. The van der Waals surface area contributed by atoms with Gasteiger partial charge in [-0.25, -0.2) is 9.97 Å². The van der Waals surface area contributed by atoms with Gasteiger partial charge >= 0.3 is 0 Å². The second-order valence-corrected chi connectivity index (χ2v) is 13.8. The summed E-state index contributed by atoms with van der Waals surface area (Å²) in [5.41, 5.74) is 15.4. The van der Waals surface area contributed by atoms with Crippen LogP contribution in [-0.2, 0) is 12.8 Å². The molecule has 2 aromatic carbocycles. The minimum atomic E-state index is -1.47. The number of aryl methyl sites for hydroxylation is 1. The molecule has 0 radical (unpaired) electrons. The third-order valence-corrected chi connectivity index (χ3v) is 9.42. The number of anilines is 2. The smallest absolute Gasteiger partial charge is 0.273 e.